The highest BCUT2D eigenvalue weighted by molar-refractivity contribution is 7.94. The van der Waals surface area contributed by atoms with Gasteiger partial charge in [-0.25, -0.2) is 4.39 Å². The van der Waals surface area contributed by atoms with Crippen LogP contribution in [0.5, 0.6) is 0 Å². The van der Waals surface area contributed by atoms with Crippen LogP contribution in [0, 0.1) is 5.82 Å². The van der Waals surface area contributed by atoms with Crippen LogP contribution >= 0.6 is 11.3 Å². The summed E-state index contributed by atoms with van der Waals surface area (Å²) < 4.78 is 40.3. The van der Waals surface area contributed by atoms with Crippen molar-refractivity contribution < 1.29 is 17.6 Å². The van der Waals surface area contributed by atoms with Crippen molar-refractivity contribution in [2.24, 2.45) is 0 Å². The Kier molecular flexibility index (Phi) is 4.06. The lowest BCUT2D eigenvalue weighted by molar-refractivity contribution is -0.111. The predicted molar refractivity (Wildman–Crippen MR) is 94.1 cm³/mol. The molecule has 0 fully saturated rings. The molecule has 126 valence electrons. The van der Waals surface area contributed by atoms with Crippen LogP contribution in [0.1, 0.15) is 4.88 Å². The summed E-state index contributed by atoms with van der Waals surface area (Å²) in [4.78, 5) is 12.8. The first-order valence-electron chi connectivity index (χ1n) is 6.89. The largest absolute Gasteiger partial charge is 0.326 e. The molecule has 1 aliphatic rings. The molecule has 0 saturated carbocycles. The van der Waals surface area contributed by atoms with Gasteiger partial charge in [0.05, 0.1) is 17.1 Å². The molecule has 0 aliphatic carbocycles. The Morgan fingerprint density at radius 1 is 1.25 bits per heavy atom. The molecule has 0 saturated heterocycles. The highest BCUT2D eigenvalue weighted by Gasteiger charge is 2.36. The van der Waals surface area contributed by atoms with Crippen molar-refractivity contribution in [2.75, 3.05) is 28.0 Å². The number of benzene rings is 1. The maximum absolute atomic E-state index is 14.2. The van der Waals surface area contributed by atoms with E-state index in [1.54, 1.807) is 6.08 Å². The van der Waals surface area contributed by atoms with Gasteiger partial charge in [-0.15, -0.1) is 11.3 Å². The third-order valence-corrected chi connectivity index (χ3v) is 6.25. The molecule has 1 amide bonds. The van der Waals surface area contributed by atoms with Gasteiger partial charge in [0.2, 0.25) is 5.91 Å². The van der Waals surface area contributed by atoms with E-state index in [2.05, 4.69) is 5.32 Å². The van der Waals surface area contributed by atoms with E-state index < -0.39 is 21.9 Å². The number of carbonyl (C=O) groups excluding carboxylic acids is 1. The molecule has 1 aromatic heterocycles. The van der Waals surface area contributed by atoms with E-state index in [0.29, 0.717) is 5.69 Å². The summed E-state index contributed by atoms with van der Waals surface area (Å²) in [6.07, 6.45) is 2.92. The molecule has 2 aromatic rings. The summed E-state index contributed by atoms with van der Waals surface area (Å²) in [5.41, 5.74) is 0.450. The van der Waals surface area contributed by atoms with E-state index in [-0.39, 0.29) is 11.4 Å². The fourth-order valence-electron chi connectivity index (χ4n) is 2.30. The van der Waals surface area contributed by atoms with Gasteiger partial charge in [0.15, 0.2) is 0 Å². The first-order chi connectivity index (χ1) is 11.3. The standard InChI is InChI=1S/C15H14FN3O3S2/c1-18-13-8-11(16)12(9-14(13)19(2)24(18,21)22)17-15(20)6-5-10-4-3-7-23-10/h3-9H,1-2H3,(H,17,20). The Labute approximate surface area is 143 Å². The lowest BCUT2D eigenvalue weighted by Gasteiger charge is -2.13. The predicted octanol–water partition coefficient (Wildman–Crippen LogP) is 2.67. The molecule has 1 aliphatic heterocycles. The van der Waals surface area contributed by atoms with Gasteiger partial charge in [0.1, 0.15) is 5.82 Å². The zero-order valence-electron chi connectivity index (χ0n) is 12.9. The molecule has 0 bridgehead atoms. The average Bonchev–Trinajstić information content (AvgIpc) is 3.10. The molecular weight excluding hydrogens is 353 g/mol. The molecule has 1 aromatic carbocycles. The van der Waals surface area contributed by atoms with Crippen molar-refractivity contribution in [1.29, 1.82) is 0 Å². The number of hydrogen-bond donors (Lipinski definition) is 1. The highest BCUT2D eigenvalue weighted by Crippen LogP contribution is 2.41. The second-order valence-corrected chi connectivity index (χ2v) is 8.07. The number of halogens is 1. The Bertz CT molecular complexity index is 924. The first-order valence-corrected chi connectivity index (χ1v) is 9.17. The Balaban J connectivity index is 1.86. The van der Waals surface area contributed by atoms with E-state index in [9.17, 15) is 17.6 Å². The molecular formula is C15H14FN3O3S2. The van der Waals surface area contributed by atoms with Crippen molar-refractivity contribution in [3.05, 3.63) is 46.4 Å². The van der Waals surface area contributed by atoms with Crippen LogP contribution < -0.4 is 13.9 Å². The van der Waals surface area contributed by atoms with Crippen LogP contribution in [0.25, 0.3) is 6.08 Å². The van der Waals surface area contributed by atoms with Crippen LogP contribution in [0.3, 0.4) is 0 Å². The van der Waals surface area contributed by atoms with Gasteiger partial charge in [0.25, 0.3) is 0 Å². The number of hydrogen-bond acceptors (Lipinski definition) is 4. The summed E-state index contributed by atoms with van der Waals surface area (Å²) in [6, 6.07) is 6.10. The maximum Gasteiger partial charge on any atom is 0.326 e. The van der Waals surface area contributed by atoms with Crippen LogP contribution in [-0.2, 0) is 15.0 Å². The second kappa shape index (κ2) is 5.91. The number of rotatable bonds is 3. The number of fused-ring (bicyclic) bond motifs is 1. The molecule has 2 heterocycles. The van der Waals surface area contributed by atoms with Gasteiger partial charge in [0, 0.05) is 31.1 Å². The van der Waals surface area contributed by atoms with Crippen molar-refractivity contribution >= 4 is 50.6 Å². The SMILES string of the molecule is CN1c2cc(F)c(NC(=O)C=Cc3cccs3)cc2N(C)S1(=O)=O. The summed E-state index contributed by atoms with van der Waals surface area (Å²) in [5.74, 6) is -1.21. The van der Waals surface area contributed by atoms with Crippen LogP contribution in [0.4, 0.5) is 21.5 Å². The Hall–Kier alpha value is -2.39. The smallest absolute Gasteiger partial charge is 0.320 e. The summed E-state index contributed by atoms with van der Waals surface area (Å²) >= 11 is 1.47. The van der Waals surface area contributed by atoms with Gasteiger partial charge in [-0.2, -0.15) is 8.42 Å². The van der Waals surface area contributed by atoms with Crippen molar-refractivity contribution in [1.82, 2.24) is 0 Å². The number of anilines is 3. The van der Waals surface area contributed by atoms with Gasteiger partial charge < -0.3 is 5.32 Å². The average molecular weight is 367 g/mol. The van der Waals surface area contributed by atoms with Gasteiger partial charge in [-0.3, -0.25) is 13.4 Å². The highest BCUT2D eigenvalue weighted by atomic mass is 32.2. The summed E-state index contributed by atoms with van der Waals surface area (Å²) in [5, 5.41) is 4.31. The Morgan fingerprint density at radius 2 is 1.92 bits per heavy atom. The quantitative estimate of drug-likeness (QED) is 0.848. The molecule has 1 N–H and O–H groups in total. The summed E-state index contributed by atoms with van der Waals surface area (Å²) in [6.45, 7) is 0. The third-order valence-electron chi connectivity index (χ3n) is 3.63. The van der Waals surface area contributed by atoms with E-state index in [1.165, 1.54) is 37.6 Å². The molecule has 0 radical (unpaired) electrons. The van der Waals surface area contributed by atoms with Gasteiger partial charge >= 0.3 is 10.2 Å². The molecule has 3 rings (SSSR count). The van der Waals surface area contributed by atoms with E-state index in [4.69, 9.17) is 0 Å². The number of carbonyl (C=O) groups is 1. The van der Waals surface area contributed by atoms with E-state index in [0.717, 1.165) is 19.6 Å². The molecule has 0 spiro atoms. The molecule has 0 atom stereocenters. The maximum atomic E-state index is 14.2. The van der Waals surface area contributed by atoms with Crippen molar-refractivity contribution in [2.45, 2.75) is 0 Å². The summed E-state index contributed by atoms with van der Waals surface area (Å²) in [7, 11) is -0.971. The van der Waals surface area contributed by atoms with Crippen LogP contribution in [0.15, 0.2) is 35.7 Å². The topological polar surface area (TPSA) is 69.7 Å². The lowest BCUT2D eigenvalue weighted by Crippen LogP contribution is -2.32. The van der Waals surface area contributed by atoms with Crippen molar-refractivity contribution in [3.63, 3.8) is 0 Å². The second-order valence-electron chi connectivity index (χ2n) is 5.10. The lowest BCUT2D eigenvalue weighted by atomic mass is 10.2. The molecule has 6 nitrogen and oxygen atoms in total. The van der Waals surface area contributed by atoms with Gasteiger partial charge in [-0.1, -0.05) is 6.07 Å². The minimum Gasteiger partial charge on any atom is -0.320 e. The normalized spacial score (nSPS) is 15.8. The zero-order valence-corrected chi connectivity index (χ0v) is 14.5. The number of amides is 1. The minimum absolute atomic E-state index is 0.0769. The Morgan fingerprint density at radius 3 is 2.54 bits per heavy atom. The fourth-order valence-corrected chi connectivity index (χ4v) is 4.08. The van der Waals surface area contributed by atoms with E-state index >= 15 is 0 Å². The number of nitrogens with zero attached hydrogens (tertiary/aromatic N) is 2. The number of thiophene rings is 1. The minimum atomic E-state index is -3.69. The first kappa shape index (κ1) is 16.5. The molecule has 24 heavy (non-hydrogen) atoms. The van der Waals surface area contributed by atoms with Crippen LogP contribution in [0.2, 0.25) is 0 Å². The number of nitrogens with one attached hydrogen (secondary N) is 1. The zero-order chi connectivity index (χ0) is 17.5. The van der Waals surface area contributed by atoms with Crippen LogP contribution in [-0.4, -0.2) is 28.4 Å². The fraction of sp³-hybridized carbons (Fsp3) is 0.133. The van der Waals surface area contributed by atoms with E-state index in [1.807, 2.05) is 17.5 Å². The molecule has 0 unspecified atom stereocenters. The van der Waals surface area contributed by atoms with Gasteiger partial charge in [-0.05, 0) is 23.6 Å². The van der Waals surface area contributed by atoms with Crippen molar-refractivity contribution in [3.8, 4) is 0 Å². The molecule has 9 heteroatoms. The monoisotopic (exact) mass is 367 g/mol. The third kappa shape index (κ3) is 2.76.